The number of pyridine rings is 2. The van der Waals surface area contributed by atoms with Gasteiger partial charge in [-0.25, -0.2) is 9.37 Å². The fraction of sp³-hybridized carbons (Fsp3) is 0.143. The van der Waals surface area contributed by atoms with Gasteiger partial charge in [0.15, 0.2) is 0 Å². The SMILES string of the molecule is Cc1cccn2c(C)c(-c3ccc(F)cn3)nc12. The second-order valence-corrected chi connectivity index (χ2v) is 4.29. The Morgan fingerprint density at radius 3 is 2.67 bits per heavy atom. The summed E-state index contributed by atoms with van der Waals surface area (Å²) in [5.74, 6) is -0.337. The molecule has 0 radical (unpaired) electrons. The van der Waals surface area contributed by atoms with Gasteiger partial charge in [-0.2, -0.15) is 0 Å². The normalized spacial score (nSPS) is 11.1. The van der Waals surface area contributed by atoms with E-state index in [2.05, 4.69) is 9.97 Å². The monoisotopic (exact) mass is 241 g/mol. The molecular formula is C14H12FN3. The van der Waals surface area contributed by atoms with Crippen LogP contribution in [0, 0.1) is 19.7 Å². The second-order valence-electron chi connectivity index (χ2n) is 4.29. The first-order chi connectivity index (χ1) is 8.66. The molecule has 18 heavy (non-hydrogen) atoms. The van der Waals surface area contributed by atoms with E-state index in [0.29, 0.717) is 5.69 Å². The Morgan fingerprint density at radius 1 is 1.17 bits per heavy atom. The summed E-state index contributed by atoms with van der Waals surface area (Å²) >= 11 is 0. The van der Waals surface area contributed by atoms with Crippen LogP contribution in [0.4, 0.5) is 4.39 Å². The van der Waals surface area contributed by atoms with Gasteiger partial charge in [0.2, 0.25) is 0 Å². The smallest absolute Gasteiger partial charge is 0.141 e. The van der Waals surface area contributed by atoms with Crippen LogP contribution in [0.2, 0.25) is 0 Å². The molecule has 3 rings (SSSR count). The number of aryl methyl sites for hydroxylation is 2. The van der Waals surface area contributed by atoms with E-state index in [-0.39, 0.29) is 5.82 Å². The van der Waals surface area contributed by atoms with Crippen LogP contribution in [0.25, 0.3) is 17.0 Å². The molecule has 4 heteroatoms. The van der Waals surface area contributed by atoms with Gasteiger partial charge in [0.25, 0.3) is 0 Å². The summed E-state index contributed by atoms with van der Waals surface area (Å²) in [6.07, 6.45) is 3.18. The molecule has 0 saturated heterocycles. The summed E-state index contributed by atoms with van der Waals surface area (Å²) in [5.41, 5.74) is 4.51. The maximum Gasteiger partial charge on any atom is 0.141 e. The maximum atomic E-state index is 12.9. The molecule has 0 unspecified atom stereocenters. The van der Waals surface area contributed by atoms with Crippen molar-refractivity contribution in [3.63, 3.8) is 0 Å². The number of nitrogens with zero attached hydrogens (tertiary/aromatic N) is 3. The average molecular weight is 241 g/mol. The predicted molar refractivity (Wildman–Crippen MR) is 67.9 cm³/mol. The molecule has 3 aromatic rings. The molecule has 0 aliphatic heterocycles. The Labute approximate surface area is 104 Å². The number of imidazole rings is 1. The standard InChI is InChI=1S/C14H12FN3/c1-9-4-3-7-18-10(2)13(17-14(9)18)12-6-5-11(15)8-16-12/h3-8H,1-2H3. The van der Waals surface area contributed by atoms with E-state index in [4.69, 9.17) is 0 Å². The van der Waals surface area contributed by atoms with Crippen molar-refractivity contribution in [1.29, 1.82) is 0 Å². The van der Waals surface area contributed by atoms with Crippen LogP contribution in [0.1, 0.15) is 11.3 Å². The molecule has 0 amide bonds. The first-order valence-electron chi connectivity index (χ1n) is 5.73. The lowest BCUT2D eigenvalue weighted by molar-refractivity contribution is 0.622. The van der Waals surface area contributed by atoms with Crippen LogP contribution in [-0.2, 0) is 0 Å². The molecular weight excluding hydrogens is 229 g/mol. The Kier molecular flexibility index (Phi) is 2.37. The fourth-order valence-electron chi connectivity index (χ4n) is 2.08. The number of rotatable bonds is 1. The van der Waals surface area contributed by atoms with Crippen molar-refractivity contribution >= 4 is 5.65 Å². The summed E-state index contributed by atoms with van der Waals surface area (Å²) in [4.78, 5) is 8.67. The fourth-order valence-corrected chi connectivity index (χ4v) is 2.08. The number of aromatic nitrogens is 3. The summed E-state index contributed by atoms with van der Waals surface area (Å²) in [7, 11) is 0. The number of fused-ring (bicyclic) bond motifs is 1. The second kappa shape index (κ2) is 3.91. The van der Waals surface area contributed by atoms with Gasteiger partial charge in [0, 0.05) is 11.9 Å². The maximum absolute atomic E-state index is 12.9. The van der Waals surface area contributed by atoms with Gasteiger partial charge in [-0.05, 0) is 37.6 Å². The summed E-state index contributed by atoms with van der Waals surface area (Å²) < 4.78 is 14.9. The van der Waals surface area contributed by atoms with Crippen molar-refractivity contribution < 1.29 is 4.39 Å². The van der Waals surface area contributed by atoms with Crippen molar-refractivity contribution in [2.24, 2.45) is 0 Å². The molecule has 0 saturated carbocycles. The van der Waals surface area contributed by atoms with Gasteiger partial charge >= 0.3 is 0 Å². The van der Waals surface area contributed by atoms with Crippen LogP contribution < -0.4 is 0 Å². The van der Waals surface area contributed by atoms with Crippen molar-refractivity contribution in [3.8, 4) is 11.4 Å². The highest BCUT2D eigenvalue weighted by Gasteiger charge is 2.12. The molecule has 0 aliphatic carbocycles. The lowest BCUT2D eigenvalue weighted by Crippen LogP contribution is -1.89. The highest BCUT2D eigenvalue weighted by Crippen LogP contribution is 2.23. The first-order valence-corrected chi connectivity index (χ1v) is 5.73. The van der Waals surface area contributed by atoms with Crippen LogP contribution in [-0.4, -0.2) is 14.4 Å². The Balaban J connectivity index is 2.27. The molecule has 90 valence electrons. The summed E-state index contributed by atoms with van der Waals surface area (Å²) in [6, 6.07) is 7.06. The number of hydrogen-bond acceptors (Lipinski definition) is 2. The number of halogens is 1. The molecule has 0 fully saturated rings. The third-order valence-electron chi connectivity index (χ3n) is 3.05. The molecule has 0 aliphatic rings. The highest BCUT2D eigenvalue weighted by molar-refractivity contribution is 5.64. The van der Waals surface area contributed by atoms with Crippen LogP contribution >= 0.6 is 0 Å². The van der Waals surface area contributed by atoms with E-state index in [9.17, 15) is 4.39 Å². The van der Waals surface area contributed by atoms with Crippen molar-refractivity contribution in [3.05, 3.63) is 53.7 Å². The quantitative estimate of drug-likeness (QED) is 0.655. The molecule has 0 bridgehead atoms. The van der Waals surface area contributed by atoms with Crippen LogP contribution in [0.5, 0.6) is 0 Å². The molecule has 0 aromatic carbocycles. The van der Waals surface area contributed by atoms with E-state index in [1.807, 2.05) is 36.6 Å². The topological polar surface area (TPSA) is 30.2 Å². The third kappa shape index (κ3) is 1.57. The van der Waals surface area contributed by atoms with E-state index < -0.39 is 0 Å². The van der Waals surface area contributed by atoms with Crippen molar-refractivity contribution in [2.75, 3.05) is 0 Å². The van der Waals surface area contributed by atoms with Gasteiger partial charge in [0.1, 0.15) is 17.2 Å². The largest absolute Gasteiger partial charge is 0.303 e. The van der Waals surface area contributed by atoms with E-state index in [1.165, 1.54) is 12.3 Å². The number of hydrogen-bond donors (Lipinski definition) is 0. The minimum Gasteiger partial charge on any atom is -0.303 e. The molecule has 3 nitrogen and oxygen atoms in total. The van der Waals surface area contributed by atoms with Crippen molar-refractivity contribution in [1.82, 2.24) is 14.4 Å². The zero-order chi connectivity index (χ0) is 12.7. The molecule has 3 heterocycles. The first kappa shape index (κ1) is 10.9. The molecule has 0 N–H and O–H groups in total. The molecule has 3 aromatic heterocycles. The summed E-state index contributed by atoms with van der Waals surface area (Å²) in [6.45, 7) is 4.00. The highest BCUT2D eigenvalue weighted by atomic mass is 19.1. The van der Waals surface area contributed by atoms with Gasteiger partial charge < -0.3 is 4.40 Å². The lowest BCUT2D eigenvalue weighted by Gasteiger charge is -1.99. The predicted octanol–water partition coefficient (Wildman–Crippen LogP) is 3.15. The molecule has 0 spiro atoms. The van der Waals surface area contributed by atoms with Gasteiger partial charge in [0.05, 0.1) is 11.9 Å². The van der Waals surface area contributed by atoms with E-state index in [1.54, 1.807) is 6.07 Å². The molecule has 0 atom stereocenters. The van der Waals surface area contributed by atoms with Gasteiger partial charge in [-0.3, -0.25) is 4.98 Å². The zero-order valence-corrected chi connectivity index (χ0v) is 10.2. The minimum atomic E-state index is -0.337. The summed E-state index contributed by atoms with van der Waals surface area (Å²) in [5, 5.41) is 0. The Hall–Kier alpha value is -2.23. The van der Waals surface area contributed by atoms with E-state index >= 15 is 0 Å². The van der Waals surface area contributed by atoms with Gasteiger partial charge in [-0.1, -0.05) is 6.07 Å². The Bertz CT molecular complexity index is 714. The van der Waals surface area contributed by atoms with Crippen LogP contribution in [0.3, 0.4) is 0 Å². The lowest BCUT2D eigenvalue weighted by atomic mass is 10.2. The van der Waals surface area contributed by atoms with E-state index in [0.717, 1.165) is 22.6 Å². The van der Waals surface area contributed by atoms with Crippen molar-refractivity contribution in [2.45, 2.75) is 13.8 Å². The van der Waals surface area contributed by atoms with Crippen LogP contribution in [0.15, 0.2) is 36.7 Å². The Morgan fingerprint density at radius 2 is 2.00 bits per heavy atom. The zero-order valence-electron chi connectivity index (χ0n) is 10.2. The third-order valence-corrected chi connectivity index (χ3v) is 3.05. The average Bonchev–Trinajstić information content (AvgIpc) is 2.70. The van der Waals surface area contributed by atoms with Gasteiger partial charge in [-0.15, -0.1) is 0 Å². The minimum absolute atomic E-state index is 0.337.